The highest BCUT2D eigenvalue weighted by Crippen LogP contribution is 2.30. The monoisotopic (exact) mass is 336 g/mol. The lowest BCUT2D eigenvalue weighted by molar-refractivity contribution is 0.102. The summed E-state index contributed by atoms with van der Waals surface area (Å²) in [5.74, 6) is -0.218. The summed E-state index contributed by atoms with van der Waals surface area (Å²) in [6, 6.07) is 16.6. The zero-order valence-electron chi connectivity index (χ0n) is 13.1. The highest BCUT2D eigenvalue weighted by molar-refractivity contribution is 7.13. The van der Waals surface area contributed by atoms with Gasteiger partial charge in [-0.1, -0.05) is 12.1 Å². The Labute approximate surface area is 143 Å². The average molecular weight is 336 g/mol. The highest BCUT2D eigenvalue weighted by Gasteiger charge is 2.10. The summed E-state index contributed by atoms with van der Waals surface area (Å²) in [6.45, 7) is 0. The molecule has 3 aromatic rings. The van der Waals surface area contributed by atoms with E-state index in [-0.39, 0.29) is 5.91 Å². The number of hydrogen-bond donors (Lipinski definition) is 2. The molecule has 0 saturated heterocycles. The van der Waals surface area contributed by atoms with E-state index >= 15 is 0 Å². The number of carbonyl (C=O) groups is 1. The lowest BCUT2D eigenvalue weighted by Gasteiger charge is -2.10. The maximum Gasteiger partial charge on any atom is 0.255 e. The summed E-state index contributed by atoms with van der Waals surface area (Å²) in [4.78, 5) is 13.5. The van der Waals surface area contributed by atoms with Gasteiger partial charge < -0.3 is 11.1 Å². The predicted molar refractivity (Wildman–Crippen MR) is 99.0 cm³/mol. The van der Waals surface area contributed by atoms with Gasteiger partial charge in [0.15, 0.2) is 0 Å². The molecule has 0 fully saturated rings. The maximum atomic E-state index is 12.4. The zero-order chi connectivity index (χ0) is 16.9. The molecule has 0 spiro atoms. The van der Waals surface area contributed by atoms with Crippen LogP contribution in [0.1, 0.15) is 10.4 Å². The molecule has 0 atom stereocenters. The molecule has 1 amide bonds. The fraction of sp³-hybridized carbons (Fsp3) is 0.0556. The van der Waals surface area contributed by atoms with Crippen molar-refractivity contribution in [3.05, 3.63) is 65.5 Å². The molecule has 0 saturated carbocycles. The molecule has 0 aliphatic carbocycles. The number of rotatable bonds is 4. The van der Waals surface area contributed by atoms with Gasteiger partial charge in [0.25, 0.3) is 5.91 Å². The summed E-state index contributed by atoms with van der Waals surface area (Å²) in [7, 11) is 1.60. The van der Waals surface area contributed by atoms with Crippen molar-refractivity contribution < 1.29 is 4.79 Å². The number of anilines is 2. The Hall–Kier alpha value is -2.99. The van der Waals surface area contributed by atoms with Crippen molar-refractivity contribution in [1.29, 1.82) is 0 Å². The van der Waals surface area contributed by atoms with E-state index in [1.807, 2.05) is 29.6 Å². The third kappa shape index (κ3) is 3.49. The first kappa shape index (κ1) is 15.9. The SMILES string of the molecule is CN=Nc1ccc(C(=O)Nc2cc(-c3cccs3)ccc2N)cc1. The number of nitrogens with two attached hydrogens (primary N) is 1. The van der Waals surface area contributed by atoms with Crippen molar-refractivity contribution in [2.45, 2.75) is 0 Å². The number of benzene rings is 2. The van der Waals surface area contributed by atoms with Crippen LogP contribution in [0.5, 0.6) is 0 Å². The molecule has 1 heterocycles. The molecule has 0 unspecified atom stereocenters. The molecule has 0 aliphatic heterocycles. The van der Waals surface area contributed by atoms with Gasteiger partial charge in [-0.25, -0.2) is 0 Å². The van der Waals surface area contributed by atoms with E-state index in [0.29, 0.717) is 22.6 Å². The average Bonchev–Trinajstić information content (AvgIpc) is 3.12. The van der Waals surface area contributed by atoms with Gasteiger partial charge in [0.2, 0.25) is 0 Å². The molecule has 0 bridgehead atoms. The summed E-state index contributed by atoms with van der Waals surface area (Å²) in [5, 5.41) is 12.5. The molecule has 3 N–H and O–H groups in total. The largest absolute Gasteiger partial charge is 0.397 e. The number of nitrogen functional groups attached to an aromatic ring is 1. The molecule has 24 heavy (non-hydrogen) atoms. The second-order valence-corrected chi connectivity index (χ2v) is 6.03. The predicted octanol–water partition coefficient (Wildman–Crippen LogP) is 4.96. The van der Waals surface area contributed by atoms with Crippen LogP contribution >= 0.6 is 11.3 Å². The zero-order valence-corrected chi connectivity index (χ0v) is 13.9. The first-order valence-corrected chi connectivity index (χ1v) is 8.20. The Morgan fingerprint density at radius 1 is 1.12 bits per heavy atom. The second kappa shape index (κ2) is 7.06. The molecule has 0 aliphatic rings. The second-order valence-electron chi connectivity index (χ2n) is 5.08. The number of azo groups is 1. The van der Waals surface area contributed by atoms with Crippen molar-refractivity contribution in [3.8, 4) is 10.4 Å². The normalized spacial score (nSPS) is 10.9. The molecule has 6 heteroatoms. The quantitative estimate of drug-likeness (QED) is 0.521. The number of amides is 1. The third-order valence-electron chi connectivity index (χ3n) is 3.45. The van der Waals surface area contributed by atoms with Crippen LogP contribution in [0.25, 0.3) is 10.4 Å². The first-order chi connectivity index (χ1) is 11.7. The van der Waals surface area contributed by atoms with E-state index in [0.717, 1.165) is 10.4 Å². The van der Waals surface area contributed by atoms with Crippen molar-refractivity contribution in [3.63, 3.8) is 0 Å². The summed E-state index contributed by atoms with van der Waals surface area (Å²) >= 11 is 1.64. The van der Waals surface area contributed by atoms with Crippen LogP contribution in [-0.2, 0) is 0 Å². The van der Waals surface area contributed by atoms with Gasteiger partial charge in [-0.3, -0.25) is 4.79 Å². The Morgan fingerprint density at radius 3 is 2.58 bits per heavy atom. The van der Waals surface area contributed by atoms with Crippen LogP contribution in [0.3, 0.4) is 0 Å². The minimum absolute atomic E-state index is 0.218. The molecular formula is C18H16N4OS. The van der Waals surface area contributed by atoms with Gasteiger partial charge in [0.1, 0.15) is 0 Å². The van der Waals surface area contributed by atoms with Gasteiger partial charge in [-0.15, -0.1) is 11.3 Å². The van der Waals surface area contributed by atoms with E-state index in [4.69, 9.17) is 5.73 Å². The van der Waals surface area contributed by atoms with Crippen LogP contribution in [-0.4, -0.2) is 13.0 Å². The lowest BCUT2D eigenvalue weighted by Crippen LogP contribution is -2.13. The van der Waals surface area contributed by atoms with Gasteiger partial charge in [-0.05, 0) is 53.4 Å². The molecular weight excluding hydrogens is 320 g/mol. The Balaban J connectivity index is 1.82. The Kier molecular flexibility index (Phi) is 4.67. The number of thiophene rings is 1. The van der Waals surface area contributed by atoms with E-state index in [9.17, 15) is 4.79 Å². The van der Waals surface area contributed by atoms with Crippen molar-refractivity contribution in [1.82, 2.24) is 0 Å². The minimum atomic E-state index is -0.218. The van der Waals surface area contributed by atoms with Crippen LogP contribution < -0.4 is 11.1 Å². The Bertz CT molecular complexity index is 871. The van der Waals surface area contributed by atoms with Gasteiger partial charge in [0, 0.05) is 17.5 Å². The summed E-state index contributed by atoms with van der Waals surface area (Å²) in [6.07, 6.45) is 0. The standard InChI is InChI=1S/C18H16N4OS/c1-20-22-14-7-4-12(5-8-14)18(23)21-16-11-13(6-9-15(16)19)17-3-2-10-24-17/h2-11H,19H2,1H3,(H,21,23). The molecule has 5 nitrogen and oxygen atoms in total. The van der Waals surface area contributed by atoms with Crippen LogP contribution in [0, 0.1) is 0 Å². The molecule has 2 aromatic carbocycles. The number of nitrogens with one attached hydrogen (secondary N) is 1. The van der Waals surface area contributed by atoms with Crippen LogP contribution in [0.2, 0.25) is 0 Å². The van der Waals surface area contributed by atoms with Crippen molar-refractivity contribution in [2.75, 3.05) is 18.1 Å². The van der Waals surface area contributed by atoms with E-state index in [2.05, 4.69) is 15.5 Å². The maximum absolute atomic E-state index is 12.4. The van der Waals surface area contributed by atoms with Gasteiger partial charge in [-0.2, -0.15) is 10.2 Å². The fourth-order valence-corrected chi connectivity index (χ4v) is 2.97. The third-order valence-corrected chi connectivity index (χ3v) is 4.37. The van der Waals surface area contributed by atoms with Crippen LogP contribution in [0.15, 0.2) is 70.2 Å². The number of nitrogens with zero attached hydrogens (tertiary/aromatic N) is 2. The summed E-state index contributed by atoms with van der Waals surface area (Å²) < 4.78 is 0. The Morgan fingerprint density at radius 2 is 1.92 bits per heavy atom. The molecule has 3 rings (SSSR count). The topological polar surface area (TPSA) is 79.8 Å². The fourth-order valence-electron chi connectivity index (χ4n) is 2.25. The summed E-state index contributed by atoms with van der Waals surface area (Å²) in [5.41, 5.74) is 9.38. The van der Waals surface area contributed by atoms with Gasteiger partial charge in [0.05, 0.1) is 17.1 Å². The van der Waals surface area contributed by atoms with Crippen molar-refractivity contribution >= 4 is 34.3 Å². The number of hydrogen-bond acceptors (Lipinski definition) is 5. The van der Waals surface area contributed by atoms with E-state index in [1.54, 1.807) is 48.7 Å². The minimum Gasteiger partial charge on any atom is -0.397 e. The van der Waals surface area contributed by atoms with Crippen molar-refractivity contribution in [2.24, 2.45) is 10.2 Å². The van der Waals surface area contributed by atoms with E-state index < -0.39 is 0 Å². The lowest BCUT2D eigenvalue weighted by atomic mass is 10.1. The molecule has 1 aromatic heterocycles. The van der Waals surface area contributed by atoms with Gasteiger partial charge >= 0.3 is 0 Å². The van der Waals surface area contributed by atoms with Crippen LogP contribution in [0.4, 0.5) is 17.1 Å². The smallest absolute Gasteiger partial charge is 0.255 e. The highest BCUT2D eigenvalue weighted by atomic mass is 32.1. The van der Waals surface area contributed by atoms with E-state index in [1.165, 1.54) is 0 Å². The molecule has 120 valence electrons. The first-order valence-electron chi connectivity index (χ1n) is 7.32. The molecule has 0 radical (unpaired) electrons. The number of carbonyl (C=O) groups excluding carboxylic acids is 1.